The van der Waals surface area contributed by atoms with Crippen LogP contribution in [0.5, 0.6) is 34.5 Å². The summed E-state index contributed by atoms with van der Waals surface area (Å²) in [6.45, 7) is 0.893. The Kier molecular flexibility index (Phi) is 7.45. The van der Waals surface area contributed by atoms with E-state index in [1.807, 2.05) is 121 Å². The molecule has 0 fully saturated rings. The van der Waals surface area contributed by atoms with Gasteiger partial charge in [0, 0.05) is 0 Å². The third-order valence-electron chi connectivity index (χ3n) is 5.51. The smallest absolute Gasteiger partial charge is 0.127 e. The Morgan fingerprint density at radius 1 is 0.306 bits per heavy atom. The quantitative estimate of drug-likeness (QED) is 0.204. The van der Waals surface area contributed by atoms with Gasteiger partial charge >= 0.3 is 0 Å². The summed E-state index contributed by atoms with van der Waals surface area (Å²) in [5.41, 5.74) is 2.15. The molecule has 5 aromatic rings. The van der Waals surface area contributed by atoms with Crippen LogP contribution < -0.4 is 18.9 Å². The third-order valence-corrected chi connectivity index (χ3v) is 5.51. The van der Waals surface area contributed by atoms with Crippen LogP contribution in [0.25, 0.3) is 0 Å². The molecule has 0 saturated heterocycles. The molecule has 0 heterocycles. The molecule has 0 spiro atoms. The first-order valence-electron chi connectivity index (χ1n) is 11.8. The Morgan fingerprint density at radius 3 is 1.00 bits per heavy atom. The predicted octanol–water partition coefficient (Wildman–Crippen LogP) is 8.43. The molecule has 0 aliphatic heterocycles. The van der Waals surface area contributed by atoms with E-state index in [1.165, 1.54) is 0 Å². The Hall–Kier alpha value is -4.70. The van der Waals surface area contributed by atoms with Gasteiger partial charge < -0.3 is 18.9 Å². The highest BCUT2D eigenvalue weighted by Crippen LogP contribution is 2.26. The van der Waals surface area contributed by atoms with Crippen LogP contribution in [-0.2, 0) is 13.2 Å². The summed E-state index contributed by atoms with van der Waals surface area (Å²) >= 11 is 0. The fraction of sp³-hybridized carbons (Fsp3) is 0.0625. The van der Waals surface area contributed by atoms with E-state index in [-0.39, 0.29) is 0 Å². The van der Waals surface area contributed by atoms with Gasteiger partial charge in [0.15, 0.2) is 0 Å². The van der Waals surface area contributed by atoms with Crippen molar-refractivity contribution in [3.8, 4) is 34.5 Å². The van der Waals surface area contributed by atoms with Crippen molar-refractivity contribution < 1.29 is 18.9 Å². The molecule has 0 saturated carbocycles. The van der Waals surface area contributed by atoms with E-state index in [0.29, 0.717) is 13.2 Å². The van der Waals surface area contributed by atoms with Crippen molar-refractivity contribution in [1.82, 2.24) is 0 Å². The molecule has 0 aliphatic carbocycles. The molecule has 178 valence electrons. The Bertz CT molecular complexity index is 1240. The zero-order valence-electron chi connectivity index (χ0n) is 19.7. The lowest BCUT2D eigenvalue weighted by Crippen LogP contribution is -2.03. The number of benzene rings is 5. The highest BCUT2D eigenvalue weighted by Gasteiger charge is 2.06. The van der Waals surface area contributed by atoms with E-state index < -0.39 is 0 Å². The van der Waals surface area contributed by atoms with Crippen molar-refractivity contribution in [2.75, 3.05) is 0 Å². The molecule has 0 atom stereocenters. The molecule has 0 bridgehead atoms. The summed E-state index contributed by atoms with van der Waals surface area (Å²) < 4.78 is 23.8. The molecule has 5 rings (SSSR count). The van der Waals surface area contributed by atoms with Gasteiger partial charge in [-0.2, -0.15) is 0 Å². The van der Waals surface area contributed by atoms with Crippen molar-refractivity contribution in [2.24, 2.45) is 0 Å². The molecule has 0 N–H and O–H groups in total. The zero-order valence-corrected chi connectivity index (χ0v) is 19.7. The van der Waals surface area contributed by atoms with Crippen LogP contribution >= 0.6 is 0 Å². The van der Waals surface area contributed by atoms with Crippen LogP contribution in [0.4, 0.5) is 0 Å². The number of hydrogen-bond donors (Lipinski definition) is 0. The number of hydrogen-bond acceptors (Lipinski definition) is 4. The predicted molar refractivity (Wildman–Crippen MR) is 141 cm³/mol. The normalized spacial score (nSPS) is 10.4. The molecule has 0 aliphatic rings. The largest absolute Gasteiger partial charge is 0.489 e. The van der Waals surface area contributed by atoms with E-state index in [1.54, 1.807) is 0 Å². The van der Waals surface area contributed by atoms with E-state index in [9.17, 15) is 0 Å². The fourth-order valence-corrected chi connectivity index (χ4v) is 3.62. The van der Waals surface area contributed by atoms with E-state index >= 15 is 0 Å². The second-order valence-electron chi connectivity index (χ2n) is 8.12. The summed E-state index contributed by atoms with van der Waals surface area (Å²) in [4.78, 5) is 0. The van der Waals surface area contributed by atoms with Crippen LogP contribution in [0, 0.1) is 0 Å². The number of ether oxygens (including phenoxy) is 4. The minimum atomic E-state index is 0.447. The summed E-state index contributed by atoms with van der Waals surface area (Å²) in [5.74, 6) is 4.70. The molecule has 36 heavy (non-hydrogen) atoms. The van der Waals surface area contributed by atoms with Gasteiger partial charge in [-0.3, -0.25) is 0 Å². The van der Waals surface area contributed by atoms with Gasteiger partial charge in [-0.05, 0) is 83.9 Å². The molecule has 4 heteroatoms. The molecule has 0 unspecified atom stereocenters. The van der Waals surface area contributed by atoms with Gasteiger partial charge in [0.25, 0.3) is 0 Å². The van der Waals surface area contributed by atoms with Gasteiger partial charge in [0.05, 0.1) is 0 Å². The van der Waals surface area contributed by atoms with Crippen molar-refractivity contribution in [3.05, 3.63) is 145 Å². The van der Waals surface area contributed by atoms with E-state index in [4.69, 9.17) is 18.9 Å². The average molecular weight is 475 g/mol. The average Bonchev–Trinajstić information content (AvgIpc) is 2.94. The van der Waals surface area contributed by atoms with Gasteiger partial charge in [-0.15, -0.1) is 0 Å². The maximum Gasteiger partial charge on any atom is 0.127 e. The standard InChI is InChI=1S/C32H26O4/c1-3-11-29(12-4-1)35-31-19-15-27(16-20-31)33-23-25-9-7-8-10-26(25)24-34-28-17-21-32(22-18-28)36-30-13-5-2-6-14-30/h1-22H,23-24H2. The summed E-state index contributed by atoms with van der Waals surface area (Å²) in [5, 5.41) is 0. The Morgan fingerprint density at radius 2 is 0.611 bits per heavy atom. The topological polar surface area (TPSA) is 36.9 Å². The minimum absolute atomic E-state index is 0.447. The van der Waals surface area contributed by atoms with Crippen LogP contribution in [0.15, 0.2) is 133 Å². The van der Waals surface area contributed by atoms with Crippen molar-refractivity contribution >= 4 is 0 Å². The van der Waals surface area contributed by atoms with Crippen molar-refractivity contribution in [2.45, 2.75) is 13.2 Å². The van der Waals surface area contributed by atoms with Gasteiger partial charge in [0.2, 0.25) is 0 Å². The second kappa shape index (κ2) is 11.6. The lowest BCUT2D eigenvalue weighted by Gasteiger charge is -2.13. The van der Waals surface area contributed by atoms with Crippen molar-refractivity contribution in [1.29, 1.82) is 0 Å². The first kappa shape index (κ1) is 23.1. The summed E-state index contributed by atoms with van der Waals surface area (Å²) in [7, 11) is 0. The fourth-order valence-electron chi connectivity index (χ4n) is 3.62. The van der Waals surface area contributed by atoms with Crippen LogP contribution in [0.1, 0.15) is 11.1 Å². The molecule has 0 aromatic heterocycles. The molecule has 0 amide bonds. The Balaban J connectivity index is 1.15. The second-order valence-corrected chi connectivity index (χ2v) is 8.12. The summed E-state index contributed by atoms with van der Waals surface area (Å²) in [6.07, 6.45) is 0. The van der Waals surface area contributed by atoms with Gasteiger partial charge in [-0.25, -0.2) is 0 Å². The highest BCUT2D eigenvalue weighted by atomic mass is 16.5. The third kappa shape index (κ3) is 6.45. The van der Waals surface area contributed by atoms with Crippen molar-refractivity contribution in [3.63, 3.8) is 0 Å². The van der Waals surface area contributed by atoms with Gasteiger partial charge in [-0.1, -0.05) is 60.7 Å². The molecule has 5 aromatic carbocycles. The van der Waals surface area contributed by atoms with Crippen LogP contribution in [-0.4, -0.2) is 0 Å². The molecular weight excluding hydrogens is 448 g/mol. The van der Waals surface area contributed by atoms with E-state index in [0.717, 1.165) is 45.6 Å². The Labute approximate surface area is 211 Å². The van der Waals surface area contributed by atoms with E-state index in [2.05, 4.69) is 12.1 Å². The highest BCUT2D eigenvalue weighted by molar-refractivity contribution is 5.37. The van der Waals surface area contributed by atoms with Gasteiger partial charge in [0.1, 0.15) is 47.7 Å². The minimum Gasteiger partial charge on any atom is -0.489 e. The first-order valence-corrected chi connectivity index (χ1v) is 11.8. The number of para-hydroxylation sites is 2. The zero-order chi connectivity index (χ0) is 24.4. The molecular formula is C32H26O4. The maximum absolute atomic E-state index is 6.03. The SMILES string of the molecule is c1ccc(Oc2ccc(OCc3ccccc3COc3ccc(Oc4ccccc4)cc3)cc2)cc1. The lowest BCUT2D eigenvalue weighted by molar-refractivity contribution is 0.285. The van der Waals surface area contributed by atoms with Crippen LogP contribution in [0.2, 0.25) is 0 Å². The maximum atomic E-state index is 6.03. The monoisotopic (exact) mass is 474 g/mol. The lowest BCUT2D eigenvalue weighted by atomic mass is 10.1. The molecule has 4 nitrogen and oxygen atoms in total. The first-order chi connectivity index (χ1) is 17.8. The number of rotatable bonds is 10. The molecule has 0 radical (unpaired) electrons. The van der Waals surface area contributed by atoms with Crippen LogP contribution in [0.3, 0.4) is 0 Å². The summed E-state index contributed by atoms with van der Waals surface area (Å²) in [6, 6.07) is 42.8.